The lowest BCUT2D eigenvalue weighted by atomic mass is 10.3. The van der Waals surface area contributed by atoms with Crippen molar-refractivity contribution >= 4 is 16.7 Å². The van der Waals surface area contributed by atoms with Crippen molar-refractivity contribution in [2.24, 2.45) is 0 Å². The number of benzene rings is 2. The predicted octanol–water partition coefficient (Wildman–Crippen LogP) is 2.79. The van der Waals surface area contributed by atoms with Crippen LogP contribution in [-0.2, 0) is 6.61 Å². The van der Waals surface area contributed by atoms with E-state index in [9.17, 15) is 0 Å². The maximum Gasteiger partial charge on any atom is 0.132 e. The van der Waals surface area contributed by atoms with Crippen molar-refractivity contribution in [3.05, 3.63) is 60.4 Å². The fourth-order valence-electron chi connectivity index (χ4n) is 1.83. The molecule has 2 aromatic carbocycles. The molecule has 0 amide bonds. The molecule has 0 spiro atoms. The van der Waals surface area contributed by atoms with E-state index in [1.54, 1.807) is 12.3 Å². The molecule has 4 heteroatoms. The molecular formula is C15H13N3O. The first kappa shape index (κ1) is 11.5. The number of nitrogens with zero attached hydrogens (tertiary/aromatic N) is 2. The van der Waals surface area contributed by atoms with Gasteiger partial charge in [-0.15, -0.1) is 0 Å². The molecule has 0 saturated carbocycles. The van der Waals surface area contributed by atoms with Crippen LogP contribution in [-0.4, -0.2) is 9.97 Å². The van der Waals surface area contributed by atoms with Gasteiger partial charge in [0.05, 0.1) is 22.9 Å². The molecular weight excluding hydrogens is 238 g/mol. The van der Waals surface area contributed by atoms with Gasteiger partial charge in [-0.25, -0.2) is 4.98 Å². The minimum atomic E-state index is 0.376. The highest BCUT2D eigenvalue weighted by Crippen LogP contribution is 2.16. The van der Waals surface area contributed by atoms with E-state index < -0.39 is 0 Å². The first-order valence-corrected chi connectivity index (χ1v) is 6.00. The second kappa shape index (κ2) is 4.94. The lowest BCUT2D eigenvalue weighted by Gasteiger charge is -2.06. The van der Waals surface area contributed by atoms with Crippen LogP contribution in [0.5, 0.6) is 5.75 Å². The van der Waals surface area contributed by atoms with E-state index in [4.69, 9.17) is 10.5 Å². The molecule has 0 atom stereocenters. The van der Waals surface area contributed by atoms with Gasteiger partial charge in [0.2, 0.25) is 0 Å². The first-order valence-electron chi connectivity index (χ1n) is 6.00. The fourth-order valence-corrected chi connectivity index (χ4v) is 1.83. The average molecular weight is 251 g/mol. The monoisotopic (exact) mass is 251 g/mol. The van der Waals surface area contributed by atoms with Crippen molar-refractivity contribution in [1.82, 2.24) is 9.97 Å². The molecule has 1 heterocycles. The smallest absolute Gasteiger partial charge is 0.132 e. The Bertz CT molecular complexity index is 712. The zero-order valence-corrected chi connectivity index (χ0v) is 10.3. The molecule has 2 N–H and O–H groups in total. The molecule has 0 radical (unpaired) electrons. The van der Waals surface area contributed by atoms with Crippen LogP contribution in [0.1, 0.15) is 5.69 Å². The van der Waals surface area contributed by atoms with Gasteiger partial charge in [0, 0.05) is 11.8 Å². The highest BCUT2D eigenvalue weighted by Gasteiger charge is 2.01. The van der Waals surface area contributed by atoms with E-state index >= 15 is 0 Å². The van der Waals surface area contributed by atoms with Gasteiger partial charge in [0.15, 0.2) is 0 Å². The quantitative estimate of drug-likeness (QED) is 0.727. The van der Waals surface area contributed by atoms with E-state index in [2.05, 4.69) is 9.97 Å². The second-order valence-corrected chi connectivity index (χ2v) is 4.21. The molecule has 94 valence electrons. The van der Waals surface area contributed by atoms with Crippen LogP contribution in [0.25, 0.3) is 11.0 Å². The average Bonchev–Trinajstić information content (AvgIpc) is 2.45. The molecule has 4 nitrogen and oxygen atoms in total. The molecule has 19 heavy (non-hydrogen) atoms. The van der Waals surface area contributed by atoms with Gasteiger partial charge < -0.3 is 10.5 Å². The summed E-state index contributed by atoms with van der Waals surface area (Å²) in [6.07, 6.45) is 1.73. The van der Waals surface area contributed by atoms with Gasteiger partial charge in [0.25, 0.3) is 0 Å². The number of para-hydroxylation sites is 2. The lowest BCUT2D eigenvalue weighted by molar-refractivity contribution is 0.301. The van der Waals surface area contributed by atoms with Crippen molar-refractivity contribution in [3.63, 3.8) is 0 Å². The fraction of sp³-hybridized carbons (Fsp3) is 0.0667. The number of fused-ring (bicyclic) bond motifs is 1. The summed E-state index contributed by atoms with van der Waals surface area (Å²) in [6, 6.07) is 15.1. The van der Waals surface area contributed by atoms with Gasteiger partial charge in [-0.1, -0.05) is 18.2 Å². The highest BCUT2D eigenvalue weighted by molar-refractivity contribution is 5.73. The molecule has 3 aromatic rings. The van der Waals surface area contributed by atoms with E-state index in [1.807, 2.05) is 42.5 Å². The van der Waals surface area contributed by atoms with E-state index in [0.29, 0.717) is 12.3 Å². The standard InChI is InChI=1S/C15H13N3O/c16-11-4-3-5-13(8-11)19-10-12-9-17-14-6-1-2-7-15(14)18-12/h1-9H,10,16H2. The molecule has 0 saturated heterocycles. The van der Waals surface area contributed by atoms with Gasteiger partial charge >= 0.3 is 0 Å². The zero-order chi connectivity index (χ0) is 13.1. The van der Waals surface area contributed by atoms with Crippen molar-refractivity contribution < 1.29 is 4.74 Å². The third-order valence-electron chi connectivity index (χ3n) is 2.74. The summed E-state index contributed by atoms with van der Waals surface area (Å²) in [5, 5.41) is 0. The molecule has 0 aliphatic heterocycles. The molecule has 0 aliphatic rings. The Kier molecular flexibility index (Phi) is 2.98. The molecule has 3 rings (SSSR count). The topological polar surface area (TPSA) is 61.0 Å². The van der Waals surface area contributed by atoms with Gasteiger partial charge in [-0.3, -0.25) is 4.98 Å². The summed E-state index contributed by atoms with van der Waals surface area (Å²) in [6.45, 7) is 0.376. The summed E-state index contributed by atoms with van der Waals surface area (Å²) < 4.78 is 5.64. The zero-order valence-electron chi connectivity index (χ0n) is 10.3. The number of hydrogen-bond donors (Lipinski definition) is 1. The van der Waals surface area contributed by atoms with Crippen molar-refractivity contribution in [3.8, 4) is 5.75 Å². The normalized spacial score (nSPS) is 10.5. The SMILES string of the molecule is Nc1cccc(OCc2cnc3ccccc3n2)c1. The Morgan fingerprint density at radius 3 is 2.68 bits per heavy atom. The summed E-state index contributed by atoms with van der Waals surface area (Å²) >= 11 is 0. The number of ether oxygens (including phenoxy) is 1. The van der Waals surface area contributed by atoms with Crippen LogP contribution < -0.4 is 10.5 Å². The highest BCUT2D eigenvalue weighted by atomic mass is 16.5. The van der Waals surface area contributed by atoms with Gasteiger partial charge in [0.1, 0.15) is 12.4 Å². The third-order valence-corrected chi connectivity index (χ3v) is 2.74. The van der Waals surface area contributed by atoms with Gasteiger partial charge in [-0.2, -0.15) is 0 Å². The number of anilines is 1. The third kappa shape index (κ3) is 2.63. The van der Waals surface area contributed by atoms with Crippen LogP contribution >= 0.6 is 0 Å². The van der Waals surface area contributed by atoms with Crippen LogP contribution in [0.3, 0.4) is 0 Å². The molecule has 0 aliphatic carbocycles. The predicted molar refractivity (Wildman–Crippen MR) is 74.7 cm³/mol. The minimum Gasteiger partial charge on any atom is -0.487 e. The van der Waals surface area contributed by atoms with E-state index in [0.717, 1.165) is 22.5 Å². The first-order chi connectivity index (χ1) is 9.31. The Balaban J connectivity index is 1.78. The number of rotatable bonds is 3. The summed E-state index contributed by atoms with van der Waals surface area (Å²) in [7, 11) is 0. The molecule has 0 bridgehead atoms. The van der Waals surface area contributed by atoms with Crippen molar-refractivity contribution in [1.29, 1.82) is 0 Å². The second-order valence-electron chi connectivity index (χ2n) is 4.21. The number of nitrogens with two attached hydrogens (primary N) is 1. The van der Waals surface area contributed by atoms with Crippen LogP contribution in [0.2, 0.25) is 0 Å². The number of hydrogen-bond acceptors (Lipinski definition) is 4. The Morgan fingerprint density at radius 2 is 1.84 bits per heavy atom. The Labute approximate surface area is 110 Å². The van der Waals surface area contributed by atoms with E-state index in [1.165, 1.54) is 0 Å². The Hall–Kier alpha value is -2.62. The molecule has 1 aromatic heterocycles. The van der Waals surface area contributed by atoms with Crippen LogP contribution in [0.4, 0.5) is 5.69 Å². The maximum atomic E-state index is 5.69. The summed E-state index contributed by atoms with van der Waals surface area (Å²) in [5.74, 6) is 0.731. The van der Waals surface area contributed by atoms with Gasteiger partial charge in [-0.05, 0) is 24.3 Å². The molecule has 0 fully saturated rings. The van der Waals surface area contributed by atoms with Crippen molar-refractivity contribution in [2.75, 3.05) is 5.73 Å². The molecule has 0 unspecified atom stereocenters. The van der Waals surface area contributed by atoms with E-state index in [-0.39, 0.29) is 0 Å². The minimum absolute atomic E-state index is 0.376. The van der Waals surface area contributed by atoms with Crippen LogP contribution in [0.15, 0.2) is 54.7 Å². The maximum absolute atomic E-state index is 5.69. The lowest BCUT2D eigenvalue weighted by Crippen LogP contribution is -2.00. The largest absolute Gasteiger partial charge is 0.487 e. The summed E-state index contributed by atoms with van der Waals surface area (Å²) in [5.41, 5.74) is 8.93. The Morgan fingerprint density at radius 1 is 1.00 bits per heavy atom. The number of nitrogen functional groups attached to an aromatic ring is 1. The number of aromatic nitrogens is 2. The van der Waals surface area contributed by atoms with Crippen molar-refractivity contribution in [2.45, 2.75) is 6.61 Å². The summed E-state index contributed by atoms with van der Waals surface area (Å²) in [4.78, 5) is 8.84. The van der Waals surface area contributed by atoms with Crippen LogP contribution in [0, 0.1) is 0 Å².